The number of rotatable bonds is 4. The zero-order valence-corrected chi connectivity index (χ0v) is 11.5. The molecular formula is C14H20F2N2O. The molecule has 1 aromatic rings. The molecule has 0 saturated heterocycles. The lowest BCUT2D eigenvalue weighted by atomic mass is 9.84. The molecular weight excluding hydrogens is 250 g/mol. The number of benzene rings is 1. The zero-order chi connectivity index (χ0) is 14.6. The molecule has 19 heavy (non-hydrogen) atoms. The Morgan fingerprint density at radius 2 is 1.95 bits per heavy atom. The van der Waals surface area contributed by atoms with Crippen molar-refractivity contribution in [2.45, 2.75) is 27.2 Å². The lowest BCUT2D eigenvalue weighted by Crippen LogP contribution is -2.32. The largest absolute Gasteiger partial charge is 0.330 e. The van der Waals surface area contributed by atoms with Crippen LogP contribution in [-0.2, 0) is 4.79 Å². The molecule has 3 nitrogen and oxygen atoms in total. The molecule has 0 heterocycles. The van der Waals surface area contributed by atoms with Gasteiger partial charge in [-0.3, -0.25) is 4.79 Å². The first-order valence-electron chi connectivity index (χ1n) is 6.19. The van der Waals surface area contributed by atoms with Gasteiger partial charge in [-0.25, -0.2) is 8.78 Å². The summed E-state index contributed by atoms with van der Waals surface area (Å²) < 4.78 is 25.8. The summed E-state index contributed by atoms with van der Waals surface area (Å²) in [5.74, 6) is -2.56. The summed E-state index contributed by atoms with van der Waals surface area (Å²) in [4.78, 5) is 12.0. The van der Waals surface area contributed by atoms with E-state index in [0.29, 0.717) is 6.42 Å². The van der Waals surface area contributed by atoms with Gasteiger partial charge in [0, 0.05) is 18.3 Å². The number of halogens is 2. The smallest absolute Gasteiger partial charge is 0.228 e. The molecule has 0 bridgehead atoms. The Balaban J connectivity index is 2.74. The molecule has 1 amide bonds. The van der Waals surface area contributed by atoms with E-state index in [-0.39, 0.29) is 29.5 Å². The maximum Gasteiger partial charge on any atom is 0.228 e. The van der Waals surface area contributed by atoms with Crippen LogP contribution in [0.4, 0.5) is 14.5 Å². The lowest BCUT2D eigenvalue weighted by molar-refractivity contribution is -0.120. The summed E-state index contributed by atoms with van der Waals surface area (Å²) in [5.41, 5.74) is 5.79. The van der Waals surface area contributed by atoms with Gasteiger partial charge < -0.3 is 11.1 Å². The average Bonchev–Trinajstić information content (AvgIpc) is 2.29. The molecule has 1 rings (SSSR count). The van der Waals surface area contributed by atoms with Crippen molar-refractivity contribution in [2.24, 2.45) is 17.1 Å². The maximum atomic E-state index is 13.0. The predicted octanol–water partition coefficient (Wildman–Crippen LogP) is 2.91. The summed E-state index contributed by atoms with van der Waals surface area (Å²) in [5, 5.41) is 2.56. The number of carbonyl (C=O) groups excluding carboxylic acids is 1. The topological polar surface area (TPSA) is 55.1 Å². The number of carbonyl (C=O) groups is 1. The Hall–Kier alpha value is -1.49. The van der Waals surface area contributed by atoms with Crippen molar-refractivity contribution in [3.8, 4) is 0 Å². The second-order valence-corrected chi connectivity index (χ2v) is 5.82. The van der Waals surface area contributed by atoms with E-state index in [1.165, 1.54) is 6.07 Å². The van der Waals surface area contributed by atoms with E-state index in [1.54, 1.807) is 0 Å². The number of hydrogen-bond acceptors (Lipinski definition) is 2. The Kier molecular flexibility index (Phi) is 5.00. The second-order valence-electron chi connectivity index (χ2n) is 5.82. The molecule has 0 saturated carbocycles. The second kappa shape index (κ2) is 6.10. The molecule has 5 heteroatoms. The number of anilines is 1. The Labute approximate surface area is 112 Å². The summed E-state index contributed by atoms with van der Waals surface area (Å²) in [6.45, 7) is 6.26. The summed E-state index contributed by atoms with van der Waals surface area (Å²) >= 11 is 0. The van der Waals surface area contributed by atoms with Gasteiger partial charge in [0.25, 0.3) is 0 Å². The fourth-order valence-corrected chi connectivity index (χ4v) is 1.84. The molecule has 0 aliphatic carbocycles. The third-order valence-electron chi connectivity index (χ3n) is 2.70. The van der Waals surface area contributed by atoms with Gasteiger partial charge in [0.05, 0.1) is 5.92 Å². The van der Waals surface area contributed by atoms with Gasteiger partial charge in [-0.2, -0.15) is 0 Å². The van der Waals surface area contributed by atoms with Crippen LogP contribution in [0.25, 0.3) is 0 Å². The minimum atomic E-state index is -0.988. The minimum Gasteiger partial charge on any atom is -0.330 e. The molecule has 0 aliphatic heterocycles. The molecule has 0 radical (unpaired) electrons. The Morgan fingerprint density at radius 1 is 1.32 bits per heavy atom. The number of hydrogen-bond donors (Lipinski definition) is 2. The van der Waals surface area contributed by atoms with Gasteiger partial charge in [0.1, 0.15) is 0 Å². The van der Waals surface area contributed by atoms with Gasteiger partial charge in [-0.15, -0.1) is 0 Å². The molecule has 1 unspecified atom stereocenters. The Bertz CT molecular complexity index is 455. The fourth-order valence-electron chi connectivity index (χ4n) is 1.84. The van der Waals surface area contributed by atoms with Crippen LogP contribution in [0, 0.1) is 23.0 Å². The summed E-state index contributed by atoms with van der Waals surface area (Å²) in [6, 6.07) is 3.25. The Morgan fingerprint density at radius 3 is 2.42 bits per heavy atom. The van der Waals surface area contributed by atoms with Crippen molar-refractivity contribution in [2.75, 3.05) is 11.9 Å². The highest BCUT2D eigenvalue weighted by Gasteiger charge is 2.23. The molecule has 0 fully saturated rings. The molecule has 0 spiro atoms. The van der Waals surface area contributed by atoms with Crippen molar-refractivity contribution in [1.29, 1.82) is 0 Å². The van der Waals surface area contributed by atoms with E-state index in [2.05, 4.69) is 5.32 Å². The van der Waals surface area contributed by atoms with Crippen molar-refractivity contribution < 1.29 is 13.6 Å². The lowest BCUT2D eigenvalue weighted by Gasteiger charge is -2.24. The van der Waals surface area contributed by atoms with Crippen molar-refractivity contribution >= 4 is 11.6 Å². The zero-order valence-electron chi connectivity index (χ0n) is 11.5. The van der Waals surface area contributed by atoms with E-state index in [1.807, 2.05) is 20.8 Å². The highest BCUT2D eigenvalue weighted by Crippen LogP contribution is 2.25. The summed E-state index contributed by atoms with van der Waals surface area (Å²) in [6.07, 6.45) is 0.624. The van der Waals surface area contributed by atoms with Gasteiger partial charge >= 0.3 is 0 Å². The summed E-state index contributed by atoms with van der Waals surface area (Å²) in [7, 11) is 0. The van der Waals surface area contributed by atoms with Crippen LogP contribution < -0.4 is 11.1 Å². The third kappa shape index (κ3) is 4.95. The fraction of sp³-hybridized carbons (Fsp3) is 0.500. The van der Waals surface area contributed by atoms with Crippen molar-refractivity contribution in [3.05, 3.63) is 29.8 Å². The van der Waals surface area contributed by atoms with Crippen LogP contribution in [0.15, 0.2) is 18.2 Å². The normalized spacial score (nSPS) is 13.2. The molecule has 1 aromatic carbocycles. The monoisotopic (exact) mass is 270 g/mol. The van der Waals surface area contributed by atoms with E-state index in [0.717, 1.165) is 12.1 Å². The van der Waals surface area contributed by atoms with Gasteiger partial charge in [0.2, 0.25) is 5.91 Å². The van der Waals surface area contributed by atoms with Crippen molar-refractivity contribution in [1.82, 2.24) is 0 Å². The average molecular weight is 270 g/mol. The van der Waals surface area contributed by atoms with Gasteiger partial charge in [-0.05, 0) is 24.0 Å². The van der Waals surface area contributed by atoms with E-state index >= 15 is 0 Å². The van der Waals surface area contributed by atoms with E-state index < -0.39 is 11.6 Å². The molecule has 106 valence electrons. The number of amides is 1. The number of nitrogens with two attached hydrogens (primary N) is 1. The number of nitrogens with one attached hydrogen (secondary N) is 1. The SMILES string of the molecule is CC(C)(C)CC(CN)C(=O)Nc1ccc(F)c(F)c1. The van der Waals surface area contributed by atoms with Gasteiger partial charge in [0.15, 0.2) is 11.6 Å². The van der Waals surface area contributed by atoms with Crippen LogP contribution in [0.1, 0.15) is 27.2 Å². The van der Waals surface area contributed by atoms with Gasteiger partial charge in [-0.1, -0.05) is 20.8 Å². The molecule has 0 aromatic heterocycles. The quantitative estimate of drug-likeness (QED) is 0.883. The van der Waals surface area contributed by atoms with Crippen LogP contribution >= 0.6 is 0 Å². The highest BCUT2D eigenvalue weighted by atomic mass is 19.2. The molecule has 1 atom stereocenters. The predicted molar refractivity (Wildman–Crippen MR) is 71.6 cm³/mol. The minimum absolute atomic E-state index is 0.0323. The first-order valence-corrected chi connectivity index (χ1v) is 6.19. The highest BCUT2D eigenvalue weighted by molar-refractivity contribution is 5.92. The van der Waals surface area contributed by atoms with Crippen molar-refractivity contribution in [3.63, 3.8) is 0 Å². The van der Waals surface area contributed by atoms with Crippen LogP contribution in [-0.4, -0.2) is 12.5 Å². The first-order chi connectivity index (χ1) is 8.73. The molecule has 0 aliphatic rings. The van der Waals surface area contributed by atoms with Crippen LogP contribution in [0.5, 0.6) is 0 Å². The standard InChI is InChI=1S/C14H20F2N2O/c1-14(2,3)7-9(8-17)13(19)18-10-4-5-11(15)12(16)6-10/h4-6,9H,7-8,17H2,1-3H3,(H,18,19). The van der Waals surface area contributed by atoms with E-state index in [9.17, 15) is 13.6 Å². The van der Waals surface area contributed by atoms with Crippen LogP contribution in [0.3, 0.4) is 0 Å². The van der Waals surface area contributed by atoms with E-state index in [4.69, 9.17) is 5.73 Å². The first kappa shape index (κ1) is 15.6. The third-order valence-corrected chi connectivity index (χ3v) is 2.70. The molecule has 3 N–H and O–H groups in total. The van der Waals surface area contributed by atoms with Crippen LogP contribution in [0.2, 0.25) is 0 Å². The maximum absolute atomic E-state index is 13.0.